The van der Waals surface area contributed by atoms with Crippen molar-refractivity contribution < 1.29 is 14.7 Å². The predicted octanol–water partition coefficient (Wildman–Crippen LogP) is 0.858. The summed E-state index contributed by atoms with van der Waals surface area (Å²) in [5, 5.41) is 20.4. The molecule has 1 aliphatic rings. The number of nitrogens with one attached hydrogen (secondary N) is 2. The third-order valence-corrected chi connectivity index (χ3v) is 4.70. The van der Waals surface area contributed by atoms with Crippen LogP contribution in [0, 0.1) is 18.8 Å². The molecule has 29 heavy (non-hydrogen) atoms. The summed E-state index contributed by atoms with van der Waals surface area (Å²) in [4.78, 5) is 34.4. The number of aromatic amines is 1. The number of likely N-dealkylation sites (tertiary alicyclic amines) is 1. The Balaban J connectivity index is 1.54. The van der Waals surface area contributed by atoms with E-state index in [0.29, 0.717) is 34.7 Å². The van der Waals surface area contributed by atoms with Crippen LogP contribution in [-0.2, 0) is 4.79 Å². The molecule has 1 atom stereocenters. The summed E-state index contributed by atoms with van der Waals surface area (Å²) in [6, 6.07) is 6.84. The summed E-state index contributed by atoms with van der Waals surface area (Å²) in [7, 11) is 1.63. The lowest BCUT2D eigenvalue weighted by molar-refractivity contribution is -0.137. The summed E-state index contributed by atoms with van der Waals surface area (Å²) in [5.41, 5.74) is 0.0829. The Hall–Kier alpha value is -3.77. The molecule has 3 heterocycles. The van der Waals surface area contributed by atoms with Gasteiger partial charge in [-0.2, -0.15) is 5.10 Å². The Morgan fingerprint density at radius 2 is 2.24 bits per heavy atom. The molecule has 146 valence electrons. The number of nitrogens with zero attached hydrogens (tertiary/aromatic N) is 4. The van der Waals surface area contributed by atoms with E-state index in [0.717, 1.165) is 0 Å². The number of anilines is 1. The van der Waals surface area contributed by atoms with Gasteiger partial charge in [-0.25, -0.2) is 9.97 Å². The number of hydrogen-bond acceptors (Lipinski definition) is 6. The highest BCUT2D eigenvalue weighted by atomic mass is 16.3. The third-order valence-electron chi connectivity index (χ3n) is 4.70. The van der Waals surface area contributed by atoms with Crippen LogP contribution in [0.15, 0.2) is 30.5 Å². The van der Waals surface area contributed by atoms with Crippen molar-refractivity contribution in [2.75, 3.05) is 18.9 Å². The fraction of sp³-hybridized carbons (Fsp3) is 0.250. The molecule has 1 fully saturated rings. The van der Waals surface area contributed by atoms with Crippen LogP contribution in [0.2, 0.25) is 0 Å². The van der Waals surface area contributed by atoms with Crippen LogP contribution in [0.1, 0.15) is 28.3 Å². The number of benzene rings is 1. The Morgan fingerprint density at radius 1 is 1.41 bits per heavy atom. The van der Waals surface area contributed by atoms with Gasteiger partial charge >= 0.3 is 0 Å². The number of aryl methyl sites for hydroxylation is 1. The molecule has 2 aromatic heterocycles. The minimum absolute atomic E-state index is 0.255. The molecule has 0 radical (unpaired) electrons. The Kier molecular flexibility index (Phi) is 4.48. The molecule has 9 heteroatoms. The van der Waals surface area contributed by atoms with Crippen LogP contribution in [0.5, 0.6) is 0 Å². The number of carbonyl (C=O) groups is 2. The fourth-order valence-corrected chi connectivity index (χ4v) is 3.08. The molecular formula is C20H18N6O3. The number of amides is 2. The minimum atomic E-state index is -1.67. The number of rotatable bonds is 2. The van der Waals surface area contributed by atoms with Gasteiger partial charge in [0.15, 0.2) is 5.65 Å². The zero-order chi connectivity index (χ0) is 20.6. The second-order valence-electron chi connectivity index (χ2n) is 6.88. The van der Waals surface area contributed by atoms with E-state index >= 15 is 0 Å². The number of hydrogen-bond donors (Lipinski definition) is 3. The molecule has 0 bridgehead atoms. The maximum absolute atomic E-state index is 12.6. The van der Waals surface area contributed by atoms with Gasteiger partial charge in [0.2, 0.25) is 5.60 Å². The summed E-state index contributed by atoms with van der Waals surface area (Å²) < 4.78 is 0. The number of likely N-dealkylation sites (N-methyl/N-ethyl adjacent to an activating group) is 1. The van der Waals surface area contributed by atoms with Crippen molar-refractivity contribution >= 4 is 28.5 Å². The molecule has 0 aliphatic carbocycles. The molecule has 4 rings (SSSR count). The van der Waals surface area contributed by atoms with E-state index in [1.165, 1.54) is 4.90 Å². The van der Waals surface area contributed by atoms with Crippen molar-refractivity contribution in [1.82, 2.24) is 25.1 Å². The van der Waals surface area contributed by atoms with Crippen LogP contribution in [0.25, 0.3) is 11.0 Å². The molecule has 1 aliphatic heterocycles. The molecule has 0 saturated carbocycles. The quantitative estimate of drug-likeness (QED) is 0.558. The lowest BCUT2D eigenvalue weighted by Crippen LogP contribution is -2.37. The van der Waals surface area contributed by atoms with Crippen molar-refractivity contribution in [3.63, 3.8) is 0 Å². The molecule has 0 spiro atoms. The lowest BCUT2D eigenvalue weighted by atomic mass is 10.0. The van der Waals surface area contributed by atoms with E-state index in [1.807, 2.05) is 0 Å². The van der Waals surface area contributed by atoms with Gasteiger partial charge in [0.1, 0.15) is 11.5 Å². The predicted molar refractivity (Wildman–Crippen MR) is 105 cm³/mol. The summed E-state index contributed by atoms with van der Waals surface area (Å²) >= 11 is 0. The van der Waals surface area contributed by atoms with Gasteiger partial charge in [-0.05, 0) is 25.1 Å². The van der Waals surface area contributed by atoms with Crippen molar-refractivity contribution in [3.05, 3.63) is 47.5 Å². The molecule has 3 aromatic rings. The Bertz CT molecular complexity index is 1190. The lowest BCUT2D eigenvalue weighted by Gasteiger charge is -2.13. The maximum Gasteiger partial charge on any atom is 0.274 e. The average molecular weight is 390 g/mol. The van der Waals surface area contributed by atoms with Crippen molar-refractivity contribution in [2.45, 2.75) is 18.9 Å². The van der Waals surface area contributed by atoms with Gasteiger partial charge in [-0.1, -0.05) is 17.9 Å². The van der Waals surface area contributed by atoms with E-state index in [-0.39, 0.29) is 12.1 Å². The maximum atomic E-state index is 12.6. The number of H-pyrrole nitrogens is 1. The van der Waals surface area contributed by atoms with E-state index in [9.17, 15) is 14.7 Å². The van der Waals surface area contributed by atoms with E-state index in [2.05, 4.69) is 37.3 Å². The summed E-state index contributed by atoms with van der Waals surface area (Å²) in [5.74, 6) is 5.25. The molecule has 1 aromatic carbocycles. The van der Waals surface area contributed by atoms with Crippen LogP contribution >= 0.6 is 0 Å². The van der Waals surface area contributed by atoms with Gasteiger partial charge in [-0.15, -0.1) is 0 Å². The molecule has 3 N–H and O–H groups in total. The third kappa shape index (κ3) is 3.53. The summed E-state index contributed by atoms with van der Waals surface area (Å²) in [6.45, 7) is 2.20. The largest absolute Gasteiger partial charge is 0.369 e. The first kappa shape index (κ1) is 18.6. The molecule has 2 amide bonds. The van der Waals surface area contributed by atoms with E-state index in [1.54, 1.807) is 44.4 Å². The normalized spacial score (nSPS) is 18.6. The topological polar surface area (TPSA) is 124 Å². The van der Waals surface area contributed by atoms with Gasteiger partial charge in [0.25, 0.3) is 11.8 Å². The van der Waals surface area contributed by atoms with Crippen molar-refractivity contribution in [3.8, 4) is 11.8 Å². The Labute approximate surface area is 166 Å². The zero-order valence-electron chi connectivity index (χ0n) is 15.9. The number of aliphatic hydroxyl groups is 1. The SMILES string of the molecule is Cc1ncc2c(C(=O)Nc3cccc(C#C[C@]4(O)CCN(C)C4=O)c3)[nH]nc2n1. The molecule has 0 unspecified atom stereocenters. The molecule has 9 nitrogen and oxygen atoms in total. The van der Waals surface area contributed by atoms with Gasteiger partial charge in [0, 0.05) is 37.5 Å². The monoisotopic (exact) mass is 390 g/mol. The first-order valence-electron chi connectivity index (χ1n) is 8.96. The Morgan fingerprint density at radius 3 is 3.00 bits per heavy atom. The average Bonchev–Trinajstić information content (AvgIpc) is 3.23. The fourth-order valence-electron chi connectivity index (χ4n) is 3.08. The number of carbonyl (C=O) groups excluding carboxylic acids is 2. The van der Waals surface area contributed by atoms with Crippen LogP contribution in [0.4, 0.5) is 5.69 Å². The van der Waals surface area contributed by atoms with Crippen molar-refractivity contribution in [1.29, 1.82) is 0 Å². The van der Waals surface area contributed by atoms with E-state index < -0.39 is 17.4 Å². The number of fused-ring (bicyclic) bond motifs is 1. The summed E-state index contributed by atoms with van der Waals surface area (Å²) in [6.07, 6.45) is 1.81. The van der Waals surface area contributed by atoms with Gasteiger partial charge < -0.3 is 15.3 Å². The highest BCUT2D eigenvalue weighted by Gasteiger charge is 2.42. The molecule has 1 saturated heterocycles. The van der Waals surface area contributed by atoms with Crippen LogP contribution in [-0.4, -0.2) is 61.2 Å². The zero-order valence-corrected chi connectivity index (χ0v) is 15.9. The highest BCUT2D eigenvalue weighted by Crippen LogP contribution is 2.21. The van der Waals surface area contributed by atoms with Crippen LogP contribution < -0.4 is 5.32 Å². The van der Waals surface area contributed by atoms with Crippen LogP contribution in [0.3, 0.4) is 0 Å². The number of aromatic nitrogens is 4. The minimum Gasteiger partial charge on any atom is -0.369 e. The van der Waals surface area contributed by atoms with Gasteiger partial charge in [0.05, 0.1) is 5.39 Å². The highest BCUT2D eigenvalue weighted by molar-refractivity contribution is 6.10. The van der Waals surface area contributed by atoms with Gasteiger partial charge in [-0.3, -0.25) is 14.7 Å². The van der Waals surface area contributed by atoms with E-state index in [4.69, 9.17) is 0 Å². The first-order valence-corrected chi connectivity index (χ1v) is 8.96. The van der Waals surface area contributed by atoms with Crippen molar-refractivity contribution in [2.24, 2.45) is 0 Å². The first-order chi connectivity index (χ1) is 13.9. The second-order valence-corrected chi connectivity index (χ2v) is 6.88. The second kappa shape index (κ2) is 7.00. The smallest absolute Gasteiger partial charge is 0.274 e. The molecular weight excluding hydrogens is 372 g/mol. The standard InChI is InChI=1S/C20H18N6O3/c1-12-21-11-15-16(24-25-17(15)22-12)18(27)23-14-5-3-4-13(10-14)6-7-20(29)8-9-26(2)19(20)28/h3-5,10-11,29H,8-9H2,1-2H3,(H,23,27)(H,21,22,24,25)/t20-/m0/s1.